The molecule has 1 amide bonds. The molecule has 5 rings (SSSR count). The van der Waals surface area contributed by atoms with Gasteiger partial charge >= 0.3 is 0 Å². The Morgan fingerprint density at radius 1 is 1.09 bits per heavy atom. The minimum absolute atomic E-state index is 0.0705. The van der Waals surface area contributed by atoms with Crippen molar-refractivity contribution in [2.24, 2.45) is 5.73 Å². The van der Waals surface area contributed by atoms with Gasteiger partial charge in [0.2, 0.25) is 11.9 Å². The molecule has 4 N–H and O–H groups in total. The fraction of sp³-hybridized carbons (Fsp3) is 0.269. The number of hydrogen-bond acceptors (Lipinski definition) is 6. The Labute approximate surface area is 198 Å². The maximum absolute atomic E-state index is 12.6. The zero-order chi connectivity index (χ0) is 23.5. The summed E-state index contributed by atoms with van der Waals surface area (Å²) in [5.41, 5.74) is 11.2. The maximum atomic E-state index is 12.6. The number of amides is 1. The van der Waals surface area contributed by atoms with Crippen molar-refractivity contribution in [3.05, 3.63) is 83.2 Å². The Balaban J connectivity index is 1.59. The number of benzene rings is 2. The first-order chi connectivity index (χ1) is 16.7. The van der Waals surface area contributed by atoms with Gasteiger partial charge in [-0.15, -0.1) is 0 Å². The Hall–Kier alpha value is -3.75. The molecule has 0 radical (unpaired) electrons. The molecular formula is C26H29N7O. The highest BCUT2D eigenvalue weighted by Crippen LogP contribution is 2.28. The molecular weight excluding hydrogens is 426 g/mol. The van der Waals surface area contributed by atoms with Crippen LogP contribution in [0.3, 0.4) is 0 Å². The van der Waals surface area contributed by atoms with Crippen LogP contribution in [0.5, 0.6) is 0 Å². The minimum atomic E-state index is 0.0705. The number of nitrogens with two attached hydrogens (primary N) is 1. The van der Waals surface area contributed by atoms with Gasteiger partial charge in [0.25, 0.3) is 0 Å². The third kappa shape index (κ3) is 4.25. The fourth-order valence-electron chi connectivity index (χ4n) is 4.52. The van der Waals surface area contributed by atoms with Crippen LogP contribution in [0.25, 0.3) is 16.9 Å². The Bertz CT molecular complexity index is 1320. The lowest BCUT2D eigenvalue weighted by molar-refractivity contribution is -0.131. The van der Waals surface area contributed by atoms with Crippen LogP contribution in [-0.2, 0) is 30.8 Å². The normalized spacial score (nSPS) is 13.2. The number of likely N-dealkylation sites (N-methyl/N-ethyl adjacent to an activating group) is 1. The number of carbonyl (C=O) groups is 1. The van der Waals surface area contributed by atoms with Gasteiger partial charge in [-0.3, -0.25) is 9.36 Å². The summed E-state index contributed by atoms with van der Waals surface area (Å²) in [7, 11) is 1.78. The molecule has 34 heavy (non-hydrogen) atoms. The van der Waals surface area contributed by atoms with Gasteiger partial charge in [-0.05, 0) is 31.2 Å². The van der Waals surface area contributed by atoms with Crippen molar-refractivity contribution in [1.82, 2.24) is 24.8 Å². The molecule has 3 heterocycles. The number of fused-ring (bicyclic) bond motifs is 2. The number of hydrogen-bond donors (Lipinski definition) is 3. The molecule has 8 nitrogen and oxygen atoms in total. The first-order valence-electron chi connectivity index (χ1n) is 11.6. The first kappa shape index (κ1) is 22.1. The minimum Gasteiger partial charge on any atom is -0.366 e. The van der Waals surface area contributed by atoms with E-state index in [2.05, 4.69) is 41.0 Å². The number of para-hydroxylation sites is 1. The topological polar surface area (TPSA) is 101 Å². The SMILES string of the molecule is CNCC(=O)N1CCc2c(nc(-n3c(CN)cc4ccccc43)nc2NCc2ccccc2)C1. The highest BCUT2D eigenvalue weighted by Gasteiger charge is 2.26. The molecule has 2 aromatic heterocycles. The van der Waals surface area contributed by atoms with E-state index in [1.807, 2.05) is 39.8 Å². The molecule has 0 fully saturated rings. The second-order valence-corrected chi connectivity index (χ2v) is 8.47. The van der Waals surface area contributed by atoms with Crippen LogP contribution in [0.4, 0.5) is 5.82 Å². The summed E-state index contributed by atoms with van der Waals surface area (Å²) in [6.45, 7) is 2.45. The molecule has 0 saturated carbocycles. The predicted octanol–water partition coefficient (Wildman–Crippen LogP) is 2.60. The lowest BCUT2D eigenvalue weighted by Crippen LogP contribution is -2.41. The van der Waals surface area contributed by atoms with Crippen molar-refractivity contribution in [1.29, 1.82) is 0 Å². The van der Waals surface area contributed by atoms with Gasteiger partial charge in [0, 0.05) is 36.3 Å². The summed E-state index contributed by atoms with van der Waals surface area (Å²) in [6, 6.07) is 20.5. The van der Waals surface area contributed by atoms with Crippen molar-refractivity contribution in [3.63, 3.8) is 0 Å². The number of nitrogens with zero attached hydrogens (tertiary/aromatic N) is 4. The molecule has 0 atom stereocenters. The van der Waals surface area contributed by atoms with Crippen LogP contribution in [-0.4, -0.2) is 45.5 Å². The van der Waals surface area contributed by atoms with E-state index in [1.165, 1.54) is 5.56 Å². The van der Waals surface area contributed by atoms with Crippen molar-refractivity contribution in [3.8, 4) is 5.95 Å². The number of anilines is 1. The number of rotatable bonds is 7. The molecule has 2 aromatic carbocycles. The molecule has 1 aliphatic rings. The summed E-state index contributed by atoms with van der Waals surface area (Å²) in [5.74, 6) is 1.45. The maximum Gasteiger partial charge on any atom is 0.236 e. The summed E-state index contributed by atoms with van der Waals surface area (Å²) in [4.78, 5) is 24.4. The predicted molar refractivity (Wildman–Crippen MR) is 134 cm³/mol. The monoisotopic (exact) mass is 455 g/mol. The lowest BCUT2D eigenvalue weighted by Gasteiger charge is -2.30. The highest BCUT2D eigenvalue weighted by molar-refractivity contribution is 5.83. The van der Waals surface area contributed by atoms with E-state index >= 15 is 0 Å². The lowest BCUT2D eigenvalue weighted by atomic mass is 10.0. The Morgan fingerprint density at radius 3 is 2.68 bits per heavy atom. The molecule has 1 aliphatic heterocycles. The zero-order valence-electron chi connectivity index (χ0n) is 19.3. The standard InChI is InChI=1S/C26H29N7O/c1-28-16-24(34)32-12-11-21-22(17-32)30-26(31-25(21)29-15-18-7-3-2-4-8-18)33-20(14-27)13-19-9-5-6-10-23(19)33/h2-10,13,28H,11-12,14-17,27H2,1H3,(H,29,30,31). The molecule has 174 valence electrons. The van der Waals surface area contributed by atoms with E-state index in [9.17, 15) is 4.79 Å². The van der Waals surface area contributed by atoms with E-state index in [1.54, 1.807) is 7.05 Å². The number of nitrogens with one attached hydrogen (secondary N) is 2. The van der Waals surface area contributed by atoms with Gasteiger partial charge in [-0.25, -0.2) is 4.98 Å². The second-order valence-electron chi connectivity index (χ2n) is 8.47. The average molecular weight is 456 g/mol. The van der Waals surface area contributed by atoms with Crippen LogP contribution in [0.2, 0.25) is 0 Å². The van der Waals surface area contributed by atoms with Gasteiger partial charge in [0.1, 0.15) is 5.82 Å². The van der Waals surface area contributed by atoms with Crippen LogP contribution in [0.1, 0.15) is 22.5 Å². The molecule has 0 unspecified atom stereocenters. The smallest absolute Gasteiger partial charge is 0.236 e. The fourth-order valence-corrected chi connectivity index (χ4v) is 4.52. The second kappa shape index (κ2) is 9.62. The number of carbonyl (C=O) groups excluding carboxylic acids is 1. The molecule has 0 saturated heterocycles. The van der Waals surface area contributed by atoms with Crippen molar-refractivity contribution >= 4 is 22.6 Å². The molecule has 8 heteroatoms. The van der Waals surface area contributed by atoms with Crippen LogP contribution >= 0.6 is 0 Å². The van der Waals surface area contributed by atoms with E-state index in [0.717, 1.165) is 33.7 Å². The largest absolute Gasteiger partial charge is 0.366 e. The van der Waals surface area contributed by atoms with E-state index in [4.69, 9.17) is 15.7 Å². The third-order valence-electron chi connectivity index (χ3n) is 6.23. The summed E-state index contributed by atoms with van der Waals surface area (Å²) >= 11 is 0. The average Bonchev–Trinajstić information content (AvgIpc) is 3.26. The van der Waals surface area contributed by atoms with Crippen molar-refractivity contribution < 1.29 is 4.79 Å². The van der Waals surface area contributed by atoms with Gasteiger partial charge in [0.05, 0.1) is 24.3 Å². The summed E-state index contributed by atoms with van der Waals surface area (Å²) in [6.07, 6.45) is 0.707. The zero-order valence-corrected chi connectivity index (χ0v) is 19.3. The quantitative estimate of drug-likeness (QED) is 0.396. The Morgan fingerprint density at radius 2 is 1.88 bits per heavy atom. The van der Waals surface area contributed by atoms with Gasteiger partial charge < -0.3 is 21.3 Å². The van der Waals surface area contributed by atoms with Crippen molar-refractivity contribution in [2.45, 2.75) is 26.1 Å². The van der Waals surface area contributed by atoms with E-state index in [-0.39, 0.29) is 5.91 Å². The summed E-state index contributed by atoms with van der Waals surface area (Å²) in [5, 5.41) is 7.58. The molecule has 0 bridgehead atoms. The van der Waals surface area contributed by atoms with Crippen LogP contribution < -0.4 is 16.4 Å². The van der Waals surface area contributed by atoms with Crippen LogP contribution in [0.15, 0.2) is 60.7 Å². The van der Waals surface area contributed by atoms with Gasteiger partial charge in [-0.1, -0.05) is 48.5 Å². The number of aromatic nitrogens is 3. The van der Waals surface area contributed by atoms with E-state index in [0.29, 0.717) is 45.1 Å². The first-order valence-corrected chi connectivity index (χ1v) is 11.6. The van der Waals surface area contributed by atoms with Gasteiger partial charge in [0.15, 0.2) is 0 Å². The third-order valence-corrected chi connectivity index (χ3v) is 6.23. The van der Waals surface area contributed by atoms with Gasteiger partial charge in [-0.2, -0.15) is 4.98 Å². The highest BCUT2D eigenvalue weighted by atomic mass is 16.2. The van der Waals surface area contributed by atoms with E-state index < -0.39 is 0 Å². The summed E-state index contributed by atoms with van der Waals surface area (Å²) < 4.78 is 2.03. The molecule has 0 spiro atoms. The Kier molecular flexibility index (Phi) is 6.24. The van der Waals surface area contributed by atoms with Crippen molar-refractivity contribution in [2.75, 3.05) is 25.5 Å². The van der Waals surface area contributed by atoms with Crippen LogP contribution in [0, 0.1) is 0 Å². The molecule has 4 aromatic rings. The molecule has 0 aliphatic carbocycles.